The van der Waals surface area contributed by atoms with Crippen molar-refractivity contribution in [3.8, 4) is 0 Å². The lowest BCUT2D eigenvalue weighted by molar-refractivity contribution is -0.139. The number of piperazine rings is 1. The van der Waals surface area contributed by atoms with Crippen LogP contribution in [0.5, 0.6) is 0 Å². The van der Waals surface area contributed by atoms with Crippen LogP contribution in [0.1, 0.15) is 11.6 Å². The van der Waals surface area contributed by atoms with Crippen molar-refractivity contribution in [1.82, 2.24) is 25.3 Å². The molecule has 1 atom stereocenters. The summed E-state index contributed by atoms with van der Waals surface area (Å²) >= 11 is 0. The molecule has 2 rings (SSSR count). The Balaban J connectivity index is 2.04. The number of rotatable bonds is 3. The molecule has 0 radical (unpaired) electrons. The summed E-state index contributed by atoms with van der Waals surface area (Å²) in [6.07, 6.45) is 3.02. The zero-order chi connectivity index (χ0) is 13.8. The van der Waals surface area contributed by atoms with Crippen LogP contribution in [0.4, 0.5) is 4.79 Å². The Morgan fingerprint density at radius 2 is 2.16 bits per heavy atom. The highest BCUT2D eigenvalue weighted by molar-refractivity contribution is 5.83. The molecular weight excluding hydrogens is 250 g/mol. The van der Waals surface area contributed by atoms with E-state index in [0.717, 1.165) is 13.1 Å². The quantitative estimate of drug-likeness (QED) is 0.663. The summed E-state index contributed by atoms with van der Waals surface area (Å²) in [6.45, 7) is 2.59. The van der Waals surface area contributed by atoms with Crippen molar-refractivity contribution in [3.63, 3.8) is 0 Å². The van der Waals surface area contributed by atoms with Gasteiger partial charge in [-0.25, -0.2) is 9.59 Å². The van der Waals surface area contributed by atoms with Crippen molar-refractivity contribution in [2.45, 2.75) is 6.04 Å². The monoisotopic (exact) mass is 267 g/mol. The Morgan fingerprint density at radius 1 is 1.47 bits per heavy atom. The van der Waals surface area contributed by atoms with Gasteiger partial charge in [0.2, 0.25) is 0 Å². The molecule has 8 heteroatoms. The number of carbonyl (C=O) groups is 2. The van der Waals surface area contributed by atoms with Crippen molar-refractivity contribution in [1.29, 1.82) is 0 Å². The van der Waals surface area contributed by atoms with Crippen molar-refractivity contribution < 1.29 is 14.7 Å². The zero-order valence-corrected chi connectivity index (χ0v) is 10.7. The van der Waals surface area contributed by atoms with Crippen LogP contribution in [0.2, 0.25) is 0 Å². The largest absolute Gasteiger partial charge is 0.479 e. The molecular formula is C11H17N5O3. The maximum atomic E-state index is 12.0. The summed E-state index contributed by atoms with van der Waals surface area (Å²) < 4.78 is 1.50. The molecule has 0 aliphatic carbocycles. The summed E-state index contributed by atoms with van der Waals surface area (Å²) in [7, 11) is 1.69. The van der Waals surface area contributed by atoms with E-state index in [9.17, 15) is 14.7 Å². The first-order chi connectivity index (χ1) is 9.08. The minimum absolute atomic E-state index is 0.363. The number of aromatic nitrogens is 2. The first kappa shape index (κ1) is 13.3. The van der Waals surface area contributed by atoms with E-state index in [1.54, 1.807) is 18.1 Å². The molecule has 1 aliphatic heterocycles. The summed E-state index contributed by atoms with van der Waals surface area (Å²) in [5.41, 5.74) is 0.457. The number of nitrogens with one attached hydrogen (secondary N) is 2. The smallest absolute Gasteiger partial charge is 0.331 e. The van der Waals surface area contributed by atoms with E-state index < -0.39 is 12.0 Å². The molecule has 1 saturated heterocycles. The number of carboxylic acid groups (broad SMARTS) is 1. The Labute approximate surface area is 110 Å². The number of urea groups is 1. The molecule has 1 aromatic heterocycles. The average Bonchev–Trinajstić information content (AvgIpc) is 2.82. The highest BCUT2D eigenvalue weighted by atomic mass is 16.4. The van der Waals surface area contributed by atoms with Crippen LogP contribution in [0, 0.1) is 0 Å². The third-order valence-corrected chi connectivity index (χ3v) is 2.98. The molecule has 1 unspecified atom stereocenters. The molecule has 19 heavy (non-hydrogen) atoms. The molecule has 3 N–H and O–H groups in total. The number of amides is 2. The summed E-state index contributed by atoms with van der Waals surface area (Å²) in [5, 5.41) is 18.8. The fourth-order valence-corrected chi connectivity index (χ4v) is 1.96. The van der Waals surface area contributed by atoms with E-state index in [1.807, 2.05) is 0 Å². The van der Waals surface area contributed by atoms with Gasteiger partial charge in [-0.2, -0.15) is 5.10 Å². The summed E-state index contributed by atoms with van der Waals surface area (Å²) in [4.78, 5) is 24.8. The fraction of sp³-hybridized carbons (Fsp3) is 0.545. The van der Waals surface area contributed by atoms with Gasteiger partial charge in [0.05, 0.1) is 6.20 Å². The van der Waals surface area contributed by atoms with Crippen LogP contribution in [0.15, 0.2) is 12.4 Å². The first-order valence-corrected chi connectivity index (χ1v) is 6.05. The van der Waals surface area contributed by atoms with Crippen LogP contribution in [-0.2, 0) is 11.8 Å². The number of aliphatic carboxylic acids is 1. The minimum Gasteiger partial charge on any atom is -0.479 e. The normalized spacial score (nSPS) is 17.0. The SMILES string of the molecule is Cn1cc(C(NC(=O)N2CCNCC2)C(=O)O)cn1. The van der Waals surface area contributed by atoms with E-state index in [1.165, 1.54) is 10.9 Å². The highest BCUT2D eigenvalue weighted by Gasteiger charge is 2.26. The van der Waals surface area contributed by atoms with Gasteiger partial charge in [-0.3, -0.25) is 4.68 Å². The number of carboxylic acids is 1. The van der Waals surface area contributed by atoms with Crippen LogP contribution < -0.4 is 10.6 Å². The van der Waals surface area contributed by atoms with Gasteiger partial charge in [-0.15, -0.1) is 0 Å². The van der Waals surface area contributed by atoms with Gasteiger partial charge < -0.3 is 20.6 Å². The Morgan fingerprint density at radius 3 is 2.68 bits per heavy atom. The molecule has 1 aliphatic rings. The van der Waals surface area contributed by atoms with E-state index in [4.69, 9.17) is 0 Å². The lowest BCUT2D eigenvalue weighted by Crippen LogP contribution is -2.51. The van der Waals surface area contributed by atoms with Gasteiger partial charge in [0.25, 0.3) is 0 Å². The van der Waals surface area contributed by atoms with Crippen LogP contribution in [0.3, 0.4) is 0 Å². The van der Waals surface area contributed by atoms with Gasteiger partial charge >= 0.3 is 12.0 Å². The van der Waals surface area contributed by atoms with Gasteiger partial charge in [0.15, 0.2) is 6.04 Å². The van der Waals surface area contributed by atoms with Crippen molar-refractivity contribution >= 4 is 12.0 Å². The molecule has 8 nitrogen and oxygen atoms in total. The summed E-state index contributed by atoms with van der Waals surface area (Å²) in [5.74, 6) is -1.10. The Kier molecular flexibility index (Phi) is 4.00. The number of nitrogens with zero attached hydrogens (tertiary/aromatic N) is 3. The van der Waals surface area contributed by atoms with Crippen molar-refractivity contribution in [3.05, 3.63) is 18.0 Å². The lowest BCUT2D eigenvalue weighted by atomic mass is 10.1. The van der Waals surface area contributed by atoms with E-state index in [-0.39, 0.29) is 6.03 Å². The highest BCUT2D eigenvalue weighted by Crippen LogP contribution is 2.12. The van der Waals surface area contributed by atoms with Gasteiger partial charge in [0, 0.05) is 45.0 Å². The van der Waals surface area contributed by atoms with Gasteiger partial charge in [0.1, 0.15) is 0 Å². The second kappa shape index (κ2) is 5.70. The second-order valence-electron chi connectivity index (χ2n) is 4.41. The molecule has 1 aromatic rings. The molecule has 0 saturated carbocycles. The number of carbonyl (C=O) groups excluding carboxylic acids is 1. The molecule has 104 valence electrons. The maximum Gasteiger partial charge on any atom is 0.331 e. The molecule has 0 bridgehead atoms. The van der Waals surface area contributed by atoms with E-state index >= 15 is 0 Å². The predicted octanol–water partition coefficient (Wildman–Crippen LogP) is -0.839. The minimum atomic E-state index is -1.10. The van der Waals surface area contributed by atoms with Gasteiger partial charge in [-0.05, 0) is 0 Å². The zero-order valence-electron chi connectivity index (χ0n) is 10.7. The molecule has 1 fully saturated rings. The number of hydrogen-bond acceptors (Lipinski definition) is 4. The third-order valence-electron chi connectivity index (χ3n) is 2.98. The number of aryl methyl sites for hydroxylation is 1. The average molecular weight is 267 g/mol. The topological polar surface area (TPSA) is 99.5 Å². The summed E-state index contributed by atoms with van der Waals surface area (Å²) in [6, 6.07) is -1.44. The maximum absolute atomic E-state index is 12.0. The molecule has 0 aromatic carbocycles. The molecule has 2 amide bonds. The Bertz CT molecular complexity index is 467. The molecule has 2 heterocycles. The van der Waals surface area contributed by atoms with E-state index in [2.05, 4.69) is 15.7 Å². The van der Waals surface area contributed by atoms with Crippen LogP contribution in [-0.4, -0.2) is 58.0 Å². The predicted molar refractivity (Wildman–Crippen MR) is 66.6 cm³/mol. The van der Waals surface area contributed by atoms with Gasteiger partial charge in [-0.1, -0.05) is 0 Å². The molecule has 0 spiro atoms. The van der Waals surface area contributed by atoms with Crippen molar-refractivity contribution in [2.75, 3.05) is 26.2 Å². The van der Waals surface area contributed by atoms with Crippen molar-refractivity contribution in [2.24, 2.45) is 7.05 Å². The van der Waals surface area contributed by atoms with E-state index in [0.29, 0.717) is 18.7 Å². The third kappa shape index (κ3) is 3.22. The lowest BCUT2D eigenvalue weighted by Gasteiger charge is -2.28. The standard InChI is InChI=1S/C11H17N5O3/c1-15-7-8(6-13-15)9(10(17)18)14-11(19)16-4-2-12-3-5-16/h6-7,9,12H,2-5H2,1H3,(H,14,19)(H,17,18). The second-order valence-corrected chi connectivity index (χ2v) is 4.41. The fourth-order valence-electron chi connectivity index (χ4n) is 1.96. The van der Waals surface area contributed by atoms with Crippen LogP contribution >= 0.6 is 0 Å². The van der Waals surface area contributed by atoms with Crippen LogP contribution in [0.25, 0.3) is 0 Å². The first-order valence-electron chi connectivity index (χ1n) is 6.05. The Hall–Kier alpha value is -2.09. The number of hydrogen-bond donors (Lipinski definition) is 3.